The van der Waals surface area contributed by atoms with Gasteiger partial charge in [0.25, 0.3) is 5.91 Å². The van der Waals surface area contributed by atoms with Crippen molar-refractivity contribution in [3.8, 4) is 5.75 Å². The third-order valence-corrected chi connectivity index (χ3v) is 5.54. The van der Waals surface area contributed by atoms with Crippen LogP contribution in [-0.2, 0) is 4.79 Å². The first kappa shape index (κ1) is 21.2. The molecule has 0 atom stereocenters. The first-order valence-electron chi connectivity index (χ1n) is 9.10. The summed E-state index contributed by atoms with van der Waals surface area (Å²) >= 11 is 13.3. The molecule has 0 aliphatic carbocycles. The average Bonchev–Trinajstić information content (AvgIpc) is 3.20. The van der Waals surface area contributed by atoms with Crippen molar-refractivity contribution in [2.45, 2.75) is 9.99 Å². The summed E-state index contributed by atoms with van der Waals surface area (Å²) in [6.45, 7) is -0.244. The monoisotopic (exact) mass is 471 g/mol. The van der Waals surface area contributed by atoms with Crippen LogP contribution >= 0.6 is 35.0 Å². The van der Waals surface area contributed by atoms with E-state index in [0.717, 1.165) is 15.8 Å². The molecule has 31 heavy (non-hydrogen) atoms. The van der Waals surface area contributed by atoms with Gasteiger partial charge in [0.2, 0.25) is 0 Å². The highest BCUT2D eigenvalue weighted by Crippen LogP contribution is 2.33. The maximum atomic E-state index is 11.9. The van der Waals surface area contributed by atoms with Gasteiger partial charge < -0.3 is 9.15 Å². The Labute approximate surface area is 192 Å². The van der Waals surface area contributed by atoms with Crippen LogP contribution in [0.5, 0.6) is 5.75 Å². The van der Waals surface area contributed by atoms with Gasteiger partial charge in [-0.15, -0.1) is 0 Å². The number of benzene rings is 2. The van der Waals surface area contributed by atoms with Crippen molar-refractivity contribution >= 4 is 58.0 Å². The zero-order valence-corrected chi connectivity index (χ0v) is 18.2. The summed E-state index contributed by atoms with van der Waals surface area (Å²) in [6.07, 6.45) is 3.18. The molecule has 0 spiro atoms. The van der Waals surface area contributed by atoms with Crippen LogP contribution in [0.3, 0.4) is 0 Å². The molecule has 9 heteroatoms. The van der Waals surface area contributed by atoms with Gasteiger partial charge in [0.15, 0.2) is 11.7 Å². The third kappa shape index (κ3) is 5.58. The highest BCUT2D eigenvalue weighted by molar-refractivity contribution is 7.99. The Hall–Kier alpha value is -3.00. The van der Waals surface area contributed by atoms with E-state index in [0.29, 0.717) is 26.6 Å². The van der Waals surface area contributed by atoms with Crippen molar-refractivity contribution < 1.29 is 13.9 Å². The fourth-order valence-corrected chi connectivity index (χ4v) is 4.03. The molecule has 1 amide bonds. The number of carbonyl (C=O) groups excluding carboxylic acids is 1. The Balaban J connectivity index is 1.31. The molecule has 0 saturated carbocycles. The van der Waals surface area contributed by atoms with E-state index in [1.165, 1.54) is 24.0 Å². The Morgan fingerprint density at radius 2 is 2.03 bits per heavy atom. The van der Waals surface area contributed by atoms with Crippen molar-refractivity contribution in [2.24, 2.45) is 5.10 Å². The number of hydrazone groups is 1. The first-order chi connectivity index (χ1) is 15.1. The molecule has 1 N–H and O–H groups in total. The second kappa shape index (κ2) is 9.87. The lowest BCUT2D eigenvalue weighted by molar-refractivity contribution is -0.123. The second-order valence-corrected chi connectivity index (χ2v) is 8.14. The van der Waals surface area contributed by atoms with Gasteiger partial charge in [-0.3, -0.25) is 9.78 Å². The number of nitrogens with one attached hydrogen (secondary N) is 1. The summed E-state index contributed by atoms with van der Waals surface area (Å²) in [6, 6.07) is 18.3. The van der Waals surface area contributed by atoms with E-state index in [9.17, 15) is 4.79 Å². The van der Waals surface area contributed by atoms with Gasteiger partial charge >= 0.3 is 0 Å². The maximum absolute atomic E-state index is 11.9. The van der Waals surface area contributed by atoms with Gasteiger partial charge in [-0.1, -0.05) is 41.4 Å². The fourth-order valence-electron chi connectivity index (χ4n) is 2.66. The first-order valence-corrected chi connectivity index (χ1v) is 10.7. The maximum Gasteiger partial charge on any atom is 0.277 e. The van der Waals surface area contributed by atoms with Gasteiger partial charge in [-0.2, -0.15) is 5.10 Å². The highest BCUT2D eigenvalue weighted by Gasteiger charge is 2.08. The molecule has 0 radical (unpaired) electrons. The molecule has 156 valence electrons. The quantitative estimate of drug-likeness (QED) is 0.271. The number of ether oxygens (including phenoxy) is 1. The van der Waals surface area contributed by atoms with E-state index in [-0.39, 0.29) is 6.61 Å². The Morgan fingerprint density at radius 1 is 1.16 bits per heavy atom. The molecule has 4 aromatic rings. The molecule has 0 aliphatic rings. The number of carbonyl (C=O) groups is 1. The molecule has 0 saturated heterocycles. The second-order valence-electron chi connectivity index (χ2n) is 6.25. The van der Waals surface area contributed by atoms with Gasteiger partial charge in [-0.05, 0) is 54.2 Å². The van der Waals surface area contributed by atoms with Crippen LogP contribution in [0.25, 0.3) is 10.9 Å². The number of hydrogen-bond acceptors (Lipinski definition) is 6. The van der Waals surface area contributed by atoms with Crippen LogP contribution < -0.4 is 10.2 Å². The number of halogens is 2. The number of pyridine rings is 1. The summed E-state index contributed by atoms with van der Waals surface area (Å²) in [7, 11) is 0. The Morgan fingerprint density at radius 3 is 2.90 bits per heavy atom. The van der Waals surface area contributed by atoms with Crippen molar-refractivity contribution in [3.05, 3.63) is 82.7 Å². The van der Waals surface area contributed by atoms with Crippen LogP contribution in [0.2, 0.25) is 10.0 Å². The average molecular weight is 472 g/mol. The smallest absolute Gasteiger partial charge is 0.277 e. The van der Waals surface area contributed by atoms with Crippen LogP contribution in [0.4, 0.5) is 0 Å². The zero-order chi connectivity index (χ0) is 21.6. The van der Waals surface area contributed by atoms with Crippen molar-refractivity contribution in [3.63, 3.8) is 0 Å². The molecule has 0 aliphatic heterocycles. The summed E-state index contributed by atoms with van der Waals surface area (Å²) < 4.78 is 11.1. The number of para-hydroxylation sites is 1. The molecule has 2 aromatic heterocycles. The van der Waals surface area contributed by atoms with E-state index >= 15 is 0 Å². The topological polar surface area (TPSA) is 76.7 Å². The SMILES string of the molecule is O=C(COc1ccc(Cl)cc1Cl)N/N=C\c1ccc(Sc2cccc3cccnc23)o1. The molecular weight excluding hydrogens is 457 g/mol. The van der Waals surface area contributed by atoms with Crippen LogP contribution in [0.15, 0.2) is 86.4 Å². The minimum atomic E-state index is -0.440. The van der Waals surface area contributed by atoms with Crippen molar-refractivity contribution in [2.75, 3.05) is 6.61 Å². The molecule has 2 heterocycles. The third-order valence-electron chi connectivity index (χ3n) is 4.04. The number of amides is 1. The molecule has 0 bridgehead atoms. The van der Waals surface area contributed by atoms with E-state index in [2.05, 4.69) is 15.5 Å². The lowest BCUT2D eigenvalue weighted by Gasteiger charge is -2.06. The number of rotatable bonds is 7. The van der Waals surface area contributed by atoms with E-state index < -0.39 is 5.91 Å². The van der Waals surface area contributed by atoms with Crippen molar-refractivity contribution in [1.82, 2.24) is 10.4 Å². The van der Waals surface area contributed by atoms with Gasteiger partial charge in [0.1, 0.15) is 11.5 Å². The summed E-state index contributed by atoms with van der Waals surface area (Å²) in [5.74, 6) is 0.420. The minimum absolute atomic E-state index is 0.244. The predicted octanol–water partition coefficient (Wildman–Crippen LogP) is 5.81. The zero-order valence-electron chi connectivity index (χ0n) is 15.9. The molecule has 2 aromatic carbocycles. The summed E-state index contributed by atoms with van der Waals surface area (Å²) in [5, 5.41) is 6.44. The van der Waals surface area contributed by atoms with Crippen molar-refractivity contribution in [1.29, 1.82) is 0 Å². The van der Waals surface area contributed by atoms with E-state index in [1.54, 1.807) is 24.4 Å². The number of furan rings is 1. The lowest BCUT2D eigenvalue weighted by Crippen LogP contribution is -2.24. The summed E-state index contributed by atoms with van der Waals surface area (Å²) in [5.41, 5.74) is 3.29. The Bertz CT molecular complexity index is 1250. The van der Waals surface area contributed by atoms with E-state index in [4.69, 9.17) is 32.4 Å². The van der Waals surface area contributed by atoms with Crippen LogP contribution in [-0.4, -0.2) is 23.7 Å². The van der Waals surface area contributed by atoms with Gasteiger partial charge in [0, 0.05) is 21.5 Å². The molecular formula is C22H15Cl2N3O3S. The minimum Gasteiger partial charge on any atom is -0.482 e. The highest BCUT2D eigenvalue weighted by atomic mass is 35.5. The van der Waals surface area contributed by atoms with E-state index in [1.807, 2.05) is 36.4 Å². The lowest BCUT2D eigenvalue weighted by atomic mass is 10.2. The molecule has 0 unspecified atom stereocenters. The Kier molecular flexibility index (Phi) is 6.76. The number of aromatic nitrogens is 1. The summed E-state index contributed by atoms with van der Waals surface area (Å²) in [4.78, 5) is 17.3. The van der Waals surface area contributed by atoms with Gasteiger partial charge in [0.05, 0.1) is 16.8 Å². The number of nitrogens with zero attached hydrogens (tertiary/aromatic N) is 2. The molecule has 0 fully saturated rings. The number of fused-ring (bicyclic) bond motifs is 1. The predicted molar refractivity (Wildman–Crippen MR) is 122 cm³/mol. The van der Waals surface area contributed by atoms with Gasteiger partial charge in [-0.25, -0.2) is 5.43 Å². The standard InChI is InChI=1S/C22H15Cl2N3O3S/c23-15-6-8-18(17(24)11-15)29-13-20(28)27-26-12-16-7-9-21(30-16)31-19-5-1-3-14-4-2-10-25-22(14)19/h1-12H,13H2,(H,27,28)/b26-12-. The normalized spacial score (nSPS) is 11.2. The number of hydrogen-bond donors (Lipinski definition) is 1. The molecule has 6 nitrogen and oxygen atoms in total. The fraction of sp³-hybridized carbons (Fsp3) is 0.0455. The van der Waals surface area contributed by atoms with Crippen LogP contribution in [0, 0.1) is 0 Å². The molecule has 4 rings (SSSR count). The largest absolute Gasteiger partial charge is 0.482 e. The van der Waals surface area contributed by atoms with Crippen LogP contribution in [0.1, 0.15) is 5.76 Å².